The predicted octanol–water partition coefficient (Wildman–Crippen LogP) is 8.41. The summed E-state index contributed by atoms with van der Waals surface area (Å²) in [6.07, 6.45) is 5.18. The molecule has 0 amide bonds. The summed E-state index contributed by atoms with van der Waals surface area (Å²) in [4.78, 5) is 0. The van der Waals surface area contributed by atoms with Gasteiger partial charge in [-0.1, -0.05) is 63.6 Å². The van der Waals surface area contributed by atoms with Crippen LogP contribution in [0.25, 0.3) is 0 Å². The van der Waals surface area contributed by atoms with Gasteiger partial charge in [-0.3, -0.25) is 0 Å². The molecule has 1 unspecified atom stereocenters. The third-order valence-electron chi connectivity index (χ3n) is 9.01. The first kappa shape index (κ1) is 26.1. The number of hydrogen-bond donors (Lipinski definition) is 1. The Balaban J connectivity index is 1.46. The average molecular weight is 515 g/mol. The van der Waals surface area contributed by atoms with E-state index < -0.39 is 13.9 Å². The normalized spacial score (nSPS) is 19.9. The predicted molar refractivity (Wildman–Crippen MR) is 154 cm³/mol. The summed E-state index contributed by atoms with van der Waals surface area (Å²) in [6.45, 7) is 14.1. The standard InChI is InChI=1S/C33H42O3Si/c1-23-19-28(36-37(5,6)32(2,3)4)20-26-17-18-33(34,31(23)26)27-15-16-30(29(21-27)25-13-10-14-25)35-22-24-11-8-7-9-12-24/h7-9,11-12,15-16,19-21,25,34H,10,13-14,17-18,22H2,1-6H3. The fourth-order valence-electron chi connectivity index (χ4n) is 5.56. The fraction of sp³-hybridized carbons (Fsp3) is 0.455. The summed E-state index contributed by atoms with van der Waals surface area (Å²) in [6, 6.07) is 21.1. The minimum atomic E-state index is -1.93. The molecule has 2 aliphatic carbocycles. The van der Waals surface area contributed by atoms with Crippen molar-refractivity contribution in [3.63, 3.8) is 0 Å². The minimum absolute atomic E-state index is 0.142. The quantitative estimate of drug-likeness (QED) is 0.322. The van der Waals surface area contributed by atoms with Crippen LogP contribution < -0.4 is 9.16 Å². The summed E-state index contributed by atoms with van der Waals surface area (Å²) in [5.74, 6) is 2.41. The van der Waals surface area contributed by atoms with E-state index in [-0.39, 0.29) is 5.04 Å². The number of benzene rings is 3. The molecule has 0 saturated heterocycles. The maximum atomic E-state index is 12.2. The highest BCUT2D eigenvalue weighted by molar-refractivity contribution is 6.74. The van der Waals surface area contributed by atoms with Gasteiger partial charge in [-0.2, -0.15) is 0 Å². The summed E-state index contributed by atoms with van der Waals surface area (Å²) in [5.41, 5.74) is 5.81. The van der Waals surface area contributed by atoms with Gasteiger partial charge in [0.2, 0.25) is 8.32 Å². The van der Waals surface area contributed by atoms with Crippen LogP contribution in [0.15, 0.2) is 60.7 Å². The Labute approximate surface area is 224 Å². The largest absolute Gasteiger partial charge is 0.543 e. The second-order valence-electron chi connectivity index (χ2n) is 12.7. The first-order valence-electron chi connectivity index (χ1n) is 13.8. The Bertz CT molecular complexity index is 1270. The molecule has 0 bridgehead atoms. The van der Waals surface area contributed by atoms with Crippen LogP contribution in [0.5, 0.6) is 11.5 Å². The third-order valence-corrected chi connectivity index (χ3v) is 13.4. The molecule has 5 rings (SSSR count). The van der Waals surface area contributed by atoms with Gasteiger partial charge in [0.15, 0.2) is 0 Å². The highest BCUT2D eigenvalue weighted by Crippen LogP contribution is 2.49. The molecule has 3 nitrogen and oxygen atoms in total. The lowest BCUT2D eigenvalue weighted by atomic mass is 9.77. The van der Waals surface area contributed by atoms with Crippen LogP contribution in [0.2, 0.25) is 18.1 Å². The number of fused-ring (bicyclic) bond motifs is 1. The van der Waals surface area contributed by atoms with Gasteiger partial charge >= 0.3 is 0 Å². The number of aryl methyl sites for hydroxylation is 2. The zero-order valence-corrected chi connectivity index (χ0v) is 24.4. The molecule has 0 spiro atoms. The van der Waals surface area contributed by atoms with Gasteiger partial charge in [-0.15, -0.1) is 0 Å². The lowest BCUT2D eigenvalue weighted by Crippen LogP contribution is -2.43. The van der Waals surface area contributed by atoms with E-state index in [1.165, 1.54) is 36.0 Å². The van der Waals surface area contributed by atoms with Crippen molar-refractivity contribution in [1.82, 2.24) is 0 Å². The van der Waals surface area contributed by atoms with Crippen LogP contribution in [0.1, 0.15) is 85.8 Å². The lowest BCUT2D eigenvalue weighted by molar-refractivity contribution is 0.0821. The van der Waals surface area contributed by atoms with Crippen molar-refractivity contribution >= 4 is 8.32 Å². The SMILES string of the molecule is Cc1cc(O[Si](C)(C)C(C)(C)C)cc2c1C(O)(c1ccc(OCc3ccccc3)c(C3CCC3)c1)CC2. The van der Waals surface area contributed by atoms with E-state index >= 15 is 0 Å². The average Bonchev–Trinajstić information content (AvgIpc) is 3.15. The summed E-state index contributed by atoms with van der Waals surface area (Å²) < 4.78 is 13.0. The minimum Gasteiger partial charge on any atom is -0.543 e. The van der Waals surface area contributed by atoms with Crippen LogP contribution in [-0.4, -0.2) is 13.4 Å². The molecule has 1 atom stereocenters. The lowest BCUT2D eigenvalue weighted by Gasteiger charge is -2.37. The highest BCUT2D eigenvalue weighted by Gasteiger charge is 2.42. The van der Waals surface area contributed by atoms with Crippen LogP contribution >= 0.6 is 0 Å². The molecule has 0 radical (unpaired) electrons. The molecular formula is C33H42O3Si. The van der Waals surface area contributed by atoms with Crippen LogP contribution in [0.4, 0.5) is 0 Å². The van der Waals surface area contributed by atoms with Gasteiger partial charge < -0.3 is 14.3 Å². The van der Waals surface area contributed by atoms with Crippen LogP contribution in [-0.2, 0) is 18.6 Å². The molecule has 2 aliphatic rings. The Morgan fingerprint density at radius 2 is 1.73 bits per heavy atom. The maximum Gasteiger partial charge on any atom is 0.250 e. The summed E-state index contributed by atoms with van der Waals surface area (Å²) >= 11 is 0. The highest BCUT2D eigenvalue weighted by atomic mass is 28.4. The molecule has 4 heteroatoms. The molecule has 1 fully saturated rings. The van der Waals surface area contributed by atoms with Crippen LogP contribution in [0, 0.1) is 6.92 Å². The van der Waals surface area contributed by atoms with Crippen LogP contribution in [0.3, 0.4) is 0 Å². The van der Waals surface area contributed by atoms with E-state index in [0.29, 0.717) is 18.9 Å². The number of hydrogen-bond acceptors (Lipinski definition) is 3. The number of aliphatic hydroxyl groups is 1. The second-order valence-corrected chi connectivity index (χ2v) is 17.4. The van der Waals surface area contributed by atoms with Gasteiger partial charge in [-0.05, 0) is 114 Å². The molecule has 1 N–H and O–H groups in total. The molecule has 0 aromatic heterocycles. The molecule has 196 valence electrons. The van der Waals surface area contributed by atoms with Crippen molar-refractivity contribution in [2.45, 2.75) is 96.1 Å². The molecule has 0 heterocycles. The van der Waals surface area contributed by atoms with E-state index in [2.05, 4.69) is 83.3 Å². The fourth-order valence-corrected chi connectivity index (χ4v) is 6.57. The zero-order valence-electron chi connectivity index (χ0n) is 23.4. The zero-order chi connectivity index (χ0) is 26.4. The van der Waals surface area contributed by atoms with E-state index in [0.717, 1.165) is 34.6 Å². The maximum absolute atomic E-state index is 12.2. The second kappa shape index (κ2) is 9.63. The van der Waals surface area contributed by atoms with Gasteiger partial charge in [0.1, 0.15) is 23.7 Å². The Kier molecular flexibility index (Phi) is 6.78. The van der Waals surface area contributed by atoms with Crippen molar-refractivity contribution in [2.75, 3.05) is 0 Å². The van der Waals surface area contributed by atoms with E-state index in [1.54, 1.807) is 0 Å². The Morgan fingerprint density at radius 3 is 2.38 bits per heavy atom. The molecule has 1 saturated carbocycles. The first-order chi connectivity index (χ1) is 17.5. The van der Waals surface area contributed by atoms with Gasteiger partial charge in [0, 0.05) is 0 Å². The molecule has 0 aliphatic heterocycles. The van der Waals surface area contributed by atoms with Crippen molar-refractivity contribution in [3.8, 4) is 11.5 Å². The van der Waals surface area contributed by atoms with Crippen molar-refractivity contribution < 1.29 is 14.3 Å². The monoisotopic (exact) mass is 514 g/mol. The molecule has 3 aromatic rings. The Hall–Kier alpha value is -2.56. The van der Waals surface area contributed by atoms with E-state index in [4.69, 9.17) is 9.16 Å². The summed E-state index contributed by atoms with van der Waals surface area (Å²) in [5, 5.41) is 12.3. The third kappa shape index (κ3) is 4.98. The van der Waals surface area contributed by atoms with Crippen molar-refractivity contribution in [2.24, 2.45) is 0 Å². The van der Waals surface area contributed by atoms with Gasteiger partial charge in [0.05, 0.1) is 0 Å². The van der Waals surface area contributed by atoms with Crippen molar-refractivity contribution in [3.05, 3.63) is 94.0 Å². The van der Waals surface area contributed by atoms with E-state index in [9.17, 15) is 5.11 Å². The summed E-state index contributed by atoms with van der Waals surface area (Å²) in [7, 11) is -1.93. The van der Waals surface area contributed by atoms with Gasteiger partial charge in [-0.25, -0.2) is 0 Å². The Morgan fingerprint density at radius 1 is 1.00 bits per heavy atom. The van der Waals surface area contributed by atoms with Crippen molar-refractivity contribution in [1.29, 1.82) is 0 Å². The van der Waals surface area contributed by atoms with E-state index in [1.807, 2.05) is 18.2 Å². The smallest absolute Gasteiger partial charge is 0.250 e. The topological polar surface area (TPSA) is 38.7 Å². The molecular weight excluding hydrogens is 472 g/mol. The first-order valence-corrected chi connectivity index (χ1v) is 16.8. The molecule has 3 aromatic carbocycles. The van der Waals surface area contributed by atoms with Gasteiger partial charge in [0.25, 0.3) is 0 Å². The molecule has 37 heavy (non-hydrogen) atoms. The number of rotatable bonds is 7. The number of ether oxygens (including phenoxy) is 1.